The monoisotopic (exact) mass is 478 g/mol. The average Bonchev–Trinajstić information content (AvgIpc) is 3.39. The third kappa shape index (κ3) is 3.38. The number of carbonyl (C=O) groups excluding carboxylic acids is 1. The second-order valence-electron chi connectivity index (χ2n) is 7.82. The summed E-state index contributed by atoms with van der Waals surface area (Å²) >= 11 is 13.1. The number of hydrogen-bond donors (Lipinski definition) is 0. The van der Waals surface area contributed by atoms with E-state index in [-0.39, 0.29) is 5.91 Å². The number of anilines is 2. The summed E-state index contributed by atoms with van der Waals surface area (Å²) in [5.41, 5.74) is 5.61. The normalized spacial score (nSPS) is 15.0. The number of oxime groups is 1. The van der Waals surface area contributed by atoms with Crippen LogP contribution in [0.15, 0.2) is 65.8 Å². The Labute approximate surface area is 201 Å². The second-order valence-corrected chi connectivity index (χ2v) is 8.58. The quantitative estimate of drug-likeness (QED) is 0.419. The van der Waals surface area contributed by atoms with Crippen molar-refractivity contribution in [2.45, 2.75) is 20.8 Å². The summed E-state index contributed by atoms with van der Waals surface area (Å²) in [6.07, 6.45) is 3.27. The van der Waals surface area contributed by atoms with Crippen molar-refractivity contribution in [3.05, 3.63) is 98.5 Å². The minimum absolute atomic E-state index is 0.279. The SMILES string of the molecule is Cc1c(Cl)c(C)c(C2=NON3N(C(=O)C=Cc4ccccc4)c4ccccc4N23)c(C)c1Cl. The van der Waals surface area contributed by atoms with Crippen molar-refractivity contribution in [3.63, 3.8) is 0 Å². The van der Waals surface area contributed by atoms with Gasteiger partial charge < -0.3 is 0 Å². The van der Waals surface area contributed by atoms with Crippen LogP contribution in [0.25, 0.3) is 6.08 Å². The van der Waals surface area contributed by atoms with Crippen molar-refractivity contribution in [1.82, 2.24) is 5.28 Å². The van der Waals surface area contributed by atoms with Crippen molar-refractivity contribution in [2.24, 2.45) is 5.16 Å². The van der Waals surface area contributed by atoms with Crippen LogP contribution >= 0.6 is 23.2 Å². The summed E-state index contributed by atoms with van der Waals surface area (Å²) in [5, 5.41) is 9.99. The van der Waals surface area contributed by atoms with E-state index in [9.17, 15) is 4.79 Å². The zero-order valence-corrected chi connectivity index (χ0v) is 19.7. The van der Waals surface area contributed by atoms with Gasteiger partial charge in [0.05, 0.1) is 16.7 Å². The molecule has 0 radical (unpaired) electrons. The number of fused-ring (bicyclic) bond motifs is 3. The maximum atomic E-state index is 13.3. The molecule has 1 amide bonds. The lowest BCUT2D eigenvalue weighted by Crippen LogP contribution is -2.49. The zero-order valence-electron chi connectivity index (χ0n) is 18.2. The van der Waals surface area contributed by atoms with Gasteiger partial charge in [-0.1, -0.05) is 65.7 Å². The van der Waals surface area contributed by atoms with Crippen LogP contribution in [0.3, 0.4) is 0 Å². The third-order valence-electron chi connectivity index (χ3n) is 5.80. The molecule has 33 heavy (non-hydrogen) atoms. The lowest BCUT2D eigenvalue weighted by molar-refractivity contribution is -0.155. The number of halogens is 2. The van der Waals surface area contributed by atoms with Gasteiger partial charge in [0, 0.05) is 21.7 Å². The van der Waals surface area contributed by atoms with Crippen molar-refractivity contribution >= 4 is 52.4 Å². The standard InChI is InChI=1S/C25H20Cl2N4O2/c1-15-22(16(2)24(27)17(3)23(15)26)25-28-33-31-29(19-11-7-8-12-20(19)30(25)31)21(32)14-13-18-9-5-4-6-10-18/h4-14H,1-3H3. The van der Waals surface area contributed by atoms with E-state index in [4.69, 9.17) is 28.1 Å². The maximum Gasteiger partial charge on any atom is 0.269 e. The maximum absolute atomic E-state index is 13.3. The van der Waals surface area contributed by atoms with E-state index < -0.39 is 0 Å². The largest absolute Gasteiger partial charge is 0.269 e. The van der Waals surface area contributed by atoms with Crippen LogP contribution in [0.5, 0.6) is 0 Å². The van der Waals surface area contributed by atoms with Gasteiger partial charge in [0.2, 0.25) is 5.84 Å². The van der Waals surface area contributed by atoms with Gasteiger partial charge in [-0.05, 0) is 66.4 Å². The molecule has 0 saturated heterocycles. The first-order valence-corrected chi connectivity index (χ1v) is 11.1. The van der Waals surface area contributed by atoms with E-state index in [0.717, 1.165) is 33.5 Å². The van der Waals surface area contributed by atoms with Crippen molar-refractivity contribution in [1.29, 1.82) is 0 Å². The van der Waals surface area contributed by atoms with E-state index in [1.54, 1.807) is 11.1 Å². The van der Waals surface area contributed by atoms with Crippen LogP contribution in [0.2, 0.25) is 10.0 Å². The third-order valence-corrected chi connectivity index (χ3v) is 6.93. The fourth-order valence-electron chi connectivity index (χ4n) is 4.13. The number of rotatable bonds is 3. The molecule has 3 aromatic rings. The van der Waals surface area contributed by atoms with Gasteiger partial charge in [0.1, 0.15) is 0 Å². The molecule has 5 rings (SSSR count). The molecule has 2 aliphatic heterocycles. The zero-order chi connectivity index (χ0) is 23.3. The lowest BCUT2D eigenvalue weighted by atomic mass is 9.98. The van der Waals surface area contributed by atoms with E-state index in [1.165, 1.54) is 16.4 Å². The minimum atomic E-state index is -0.279. The van der Waals surface area contributed by atoms with Gasteiger partial charge >= 0.3 is 0 Å². The summed E-state index contributed by atoms with van der Waals surface area (Å²) in [4.78, 5) is 18.9. The topological polar surface area (TPSA) is 48.4 Å². The minimum Gasteiger partial charge on any atom is -0.268 e. The first-order valence-electron chi connectivity index (χ1n) is 10.4. The van der Waals surface area contributed by atoms with Crippen molar-refractivity contribution in [2.75, 3.05) is 10.0 Å². The molecule has 0 saturated carbocycles. The van der Waals surface area contributed by atoms with Crippen LogP contribution in [0, 0.1) is 20.8 Å². The van der Waals surface area contributed by atoms with E-state index in [1.807, 2.05) is 75.4 Å². The summed E-state index contributed by atoms with van der Waals surface area (Å²) < 4.78 is 0. The van der Waals surface area contributed by atoms with E-state index in [0.29, 0.717) is 21.6 Å². The fraction of sp³-hybridized carbons (Fsp3) is 0.120. The molecule has 0 unspecified atom stereocenters. The molecule has 8 heteroatoms. The fourth-order valence-corrected chi connectivity index (χ4v) is 4.56. The molecule has 0 fully saturated rings. The average molecular weight is 479 g/mol. The Hall–Kier alpha value is -3.32. The Balaban J connectivity index is 1.56. The molecule has 0 aliphatic carbocycles. The molecular formula is C25H20Cl2N4O2. The predicted octanol–water partition coefficient (Wildman–Crippen LogP) is 6.22. The number of hydrogen-bond acceptors (Lipinski definition) is 5. The summed E-state index contributed by atoms with van der Waals surface area (Å²) in [5.74, 6) is 0.224. The van der Waals surface area contributed by atoms with Crippen molar-refractivity contribution < 1.29 is 9.73 Å². The predicted molar refractivity (Wildman–Crippen MR) is 132 cm³/mol. The number of amides is 1. The smallest absolute Gasteiger partial charge is 0.268 e. The molecule has 2 aliphatic rings. The number of benzene rings is 3. The molecule has 0 bridgehead atoms. The van der Waals surface area contributed by atoms with Gasteiger partial charge in [0.15, 0.2) is 0 Å². The molecule has 2 heterocycles. The summed E-state index contributed by atoms with van der Waals surface area (Å²) in [6, 6.07) is 17.2. The summed E-state index contributed by atoms with van der Waals surface area (Å²) in [7, 11) is 0. The van der Waals surface area contributed by atoms with Crippen LogP contribution in [0.1, 0.15) is 27.8 Å². The molecule has 6 nitrogen and oxygen atoms in total. The lowest BCUT2D eigenvalue weighted by Gasteiger charge is -2.25. The Morgan fingerprint density at radius 3 is 2.15 bits per heavy atom. The summed E-state index contributed by atoms with van der Waals surface area (Å²) in [6.45, 7) is 5.73. The Morgan fingerprint density at radius 1 is 0.879 bits per heavy atom. The number of nitrogens with zero attached hydrogens (tertiary/aromatic N) is 4. The highest BCUT2D eigenvalue weighted by atomic mass is 35.5. The van der Waals surface area contributed by atoms with Crippen LogP contribution in [-0.4, -0.2) is 17.0 Å². The highest BCUT2D eigenvalue weighted by molar-refractivity contribution is 6.38. The van der Waals surface area contributed by atoms with Gasteiger partial charge in [-0.15, -0.1) is 0 Å². The van der Waals surface area contributed by atoms with E-state index >= 15 is 0 Å². The molecule has 166 valence electrons. The highest BCUT2D eigenvalue weighted by Gasteiger charge is 2.47. The molecule has 0 atom stereocenters. The Kier molecular flexibility index (Phi) is 5.37. The number of carbonyl (C=O) groups is 1. The number of para-hydroxylation sites is 2. The van der Waals surface area contributed by atoms with Crippen LogP contribution in [-0.2, 0) is 9.73 Å². The van der Waals surface area contributed by atoms with Gasteiger partial charge in [-0.3, -0.25) is 9.73 Å². The molecule has 0 N–H and O–H groups in total. The molecule has 0 aromatic heterocycles. The van der Waals surface area contributed by atoms with Crippen LogP contribution in [0.4, 0.5) is 11.4 Å². The molecule has 0 spiro atoms. The Morgan fingerprint density at radius 2 is 1.48 bits per heavy atom. The first kappa shape index (κ1) is 21.5. The van der Waals surface area contributed by atoms with Crippen LogP contribution < -0.4 is 10.0 Å². The number of hydrazine groups is 2. The van der Waals surface area contributed by atoms with Gasteiger partial charge in [-0.25, -0.2) is 0 Å². The van der Waals surface area contributed by atoms with Gasteiger partial charge in [-0.2, -0.15) is 10.0 Å². The van der Waals surface area contributed by atoms with Crippen molar-refractivity contribution in [3.8, 4) is 0 Å². The first-order chi connectivity index (χ1) is 15.9. The Bertz CT molecular complexity index is 1310. The number of amidine groups is 1. The second kappa shape index (κ2) is 8.23. The van der Waals surface area contributed by atoms with E-state index in [2.05, 4.69) is 5.16 Å². The molecule has 3 aromatic carbocycles. The highest BCUT2D eigenvalue weighted by Crippen LogP contribution is 2.44. The molecular weight excluding hydrogens is 459 g/mol. The van der Waals surface area contributed by atoms with Gasteiger partial charge in [0.25, 0.3) is 5.91 Å².